The number of alkyl halides is 3. The molecule has 35 heavy (non-hydrogen) atoms. The smallest absolute Gasteiger partial charge is 0.372 e. The minimum atomic E-state index is -4.60. The maximum Gasteiger partial charge on any atom is 0.421 e. The molecule has 1 amide bonds. The summed E-state index contributed by atoms with van der Waals surface area (Å²) in [5, 5.41) is 10.3. The highest BCUT2D eigenvalue weighted by Crippen LogP contribution is 2.34. The second kappa shape index (κ2) is 10.8. The van der Waals surface area contributed by atoms with Crippen LogP contribution in [0.2, 0.25) is 0 Å². The number of nitrogens with one attached hydrogen (secondary N) is 2. The second-order valence-electron chi connectivity index (χ2n) is 8.96. The number of amides is 1. The largest absolute Gasteiger partial charge is 0.421 e. The number of hydrogen-bond donors (Lipinski definition) is 2. The third kappa shape index (κ3) is 6.40. The van der Waals surface area contributed by atoms with Gasteiger partial charge in [0.2, 0.25) is 11.9 Å². The number of aryl methyl sites for hydroxylation is 1. The number of halogens is 3. The molecule has 0 unspecified atom stereocenters. The first-order chi connectivity index (χ1) is 16.7. The van der Waals surface area contributed by atoms with Crippen molar-refractivity contribution in [2.45, 2.75) is 38.4 Å². The number of hydrogen-bond acceptors (Lipinski definition) is 8. The van der Waals surface area contributed by atoms with Gasteiger partial charge in [-0.25, -0.2) is 4.98 Å². The van der Waals surface area contributed by atoms with Gasteiger partial charge in [-0.1, -0.05) is 0 Å². The summed E-state index contributed by atoms with van der Waals surface area (Å²) in [5.41, 5.74) is 0.416. The van der Waals surface area contributed by atoms with Gasteiger partial charge < -0.3 is 25.2 Å². The van der Waals surface area contributed by atoms with Gasteiger partial charge in [0, 0.05) is 45.2 Å². The predicted molar refractivity (Wildman–Crippen MR) is 124 cm³/mol. The molecule has 2 aliphatic rings. The summed E-state index contributed by atoms with van der Waals surface area (Å²) in [6.45, 7) is 5.51. The third-order valence-electron chi connectivity index (χ3n) is 6.19. The molecule has 0 aliphatic carbocycles. The molecule has 4 heterocycles. The van der Waals surface area contributed by atoms with E-state index in [-0.39, 0.29) is 36.9 Å². The number of likely N-dealkylation sites (tertiary alicyclic amines) is 1. The van der Waals surface area contributed by atoms with Crippen LogP contribution in [0.4, 0.5) is 30.6 Å². The SMILES string of the molecule is Cc1nn([C@@H]2CCN(C)C2)cc1Nc1ncc(C(F)(F)F)c(NCCCN2CCCOCC2=O)n1. The van der Waals surface area contributed by atoms with E-state index in [4.69, 9.17) is 4.74 Å². The van der Waals surface area contributed by atoms with Crippen LogP contribution < -0.4 is 10.6 Å². The van der Waals surface area contributed by atoms with Gasteiger partial charge in [0.1, 0.15) is 18.0 Å². The van der Waals surface area contributed by atoms with Gasteiger partial charge in [0.25, 0.3) is 0 Å². The quantitative estimate of drug-likeness (QED) is 0.538. The number of ether oxygens (including phenoxy) is 1. The summed E-state index contributed by atoms with van der Waals surface area (Å²) >= 11 is 0. The Hall–Kier alpha value is -2.93. The van der Waals surface area contributed by atoms with E-state index in [0.29, 0.717) is 37.5 Å². The summed E-state index contributed by atoms with van der Waals surface area (Å²) in [5.74, 6) is -0.360. The molecule has 4 rings (SSSR count). The Balaban J connectivity index is 1.42. The van der Waals surface area contributed by atoms with E-state index in [2.05, 4.69) is 37.6 Å². The van der Waals surface area contributed by atoms with Crippen molar-refractivity contribution in [3.05, 3.63) is 23.7 Å². The first kappa shape index (κ1) is 25.2. The summed E-state index contributed by atoms with van der Waals surface area (Å²) in [7, 11) is 2.06. The molecule has 0 bridgehead atoms. The highest BCUT2D eigenvalue weighted by Gasteiger charge is 2.35. The summed E-state index contributed by atoms with van der Waals surface area (Å²) in [6, 6.07) is 0.252. The van der Waals surface area contributed by atoms with Crippen molar-refractivity contribution >= 4 is 23.4 Å². The molecule has 0 radical (unpaired) electrons. The van der Waals surface area contributed by atoms with Gasteiger partial charge in [-0.3, -0.25) is 9.48 Å². The van der Waals surface area contributed by atoms with Crippen LogP contribution in [0, 0.1) is 6.92 Å². The van der Waals surface area contributed by atoms with Crippen LogP contribution in [-0.2, 0) is 15.7 Å². The summed E-state index contributed by atoms with van der Waals surface area (Å²) in [4.78, 5) is 23.9. The van der Waals surface area contributed by atoms with E-state index >= 15 is 0 Å². The first-order valence-corrected chi connectivity index (χ1v) is 11.8. The van der Waals surface area contributed by atoms with Gasteiger partial charge in [-0.05, 0) is 39.8 Å². The van der Waals surface area contributed by atoms with Crippen molar-refractivity contribution in [1.82, 2.24) is 29.5 Å². The second-order valence-corrected chi connectivity index (χ2v) is 8.96. The molecular weight excluding hydrogens is 465 g/mol. The number of carbonyl (C=O) groups excluding carboxylic acids is 1. The van der Waals surface area contributed by atoms with Crippen LogP contribution in [0.25, 0.3) is 0 Å². The summed E-state index contributed by atoms with van der Waals surface area (Å²) in [6.07, 6.45) is 0.212. The maximum atomic E-state index is 13.6. The van der Waals surface area contributed by atoms with Gasteiger partial charge in [0.15, 0.2) is 0 Å². The molecule has 2 fully saturated rings. The molecule has 2 saturated heterocycles. The Morgan fingerprint density at radius 3 is 2.86 bits per heavy atom. The number of anilines is 3. The lowest BCUT2D eigenvalue weighted by atomic mass is 10.3. The monoisotopic (exact) mass is 496 g/mol. The molecule has 10 nitrogen and oxygen atoms in total. The van der Waals surface area contributed by atoms with Crippen molar-refractivity contribution in [3.8, 4) is 0 Å². The number of aromatic nitrogens is 4. The van der Waals surface area contributed by atoms with E-state index in [1.54, 1.807) is 4.90 Å². The molecule has 1 atom stereocenters. The minimum Gasteiger partial charge on any atom is -0.372 e. The van der Waals surface area contributed by atoms with Gasteiger partial charge in [-0.2, -0.15) is 23.3 Å². The highest BCUT2D eigenvalue weighted by atomic mass is 19.4. The van der Waals surface area contributed by atoms with Crippen LogP contribution in [0.1, 0.15) is 36.6 Å². The first-order valence-electron chi connectivity index (χ1n) is 11.8. The fraction of sp³-hybridized carbons (Fsp3) is 0.636. The Labute approximate surface area is 201 Å². The molecule has 2 aromatic heterocycles. The fourth-order valence-corrected chi connectivity index (χ4v) is 4.27. The van der Waals surface area contributed by atoms with Crippen molar-refractivity contribution in [3.63, 3.8) is 0 Å². The van der Waals surface area contributed by atoms with E-state index in [9.17, 15) is 18.0 Å². The lowest BCUT2D eigenvalue weighted by molar-refractivity contribution is -0.137. The lowest BCUT2D eigenvalue weighted by Crippen LogP contribution is -2.34. The van der Waals surface area contributed by atoms with E-state index < -0.39 is 11.7 Å². The average molecular weight is 497 g/mol. The Kier molecular flexibility index (Phi) is 7.75. The van der Waals surface area contributed by atoms with Crippen molar-refractivity contribution < 1.29 is 22.7 Å². The normalized spacial score (nSPS) is 19.7. The highest BCUT2D eigenvalue weighted by molar-refractivity contribution is 5.77. The summed E-state index contributed by atoms with van der Waals surface area (Å²) < 4.78 is 47.7. The zero-order chi connectivity index (χ0) is 25.0. The standard InChI is InChI=1S/C22H31F3N8O2/c1-15-18(13-33(30-15)16-5-9-31(2)12-16)28-21-27-11-17(22(23,24)25)20(29-21)26-6-3-7-32-8-4-10-35-14-19(32)34/h11,13,16H,3-10,12,14H2,1-2H3,(H2,26,27,28,29)/t16-/m1/s1. The Morgan fingerprint density at radius 2 is 2.11 bits per heavy atom. The predicted octanol–water partition coefficient (Wildman–Crippen LogP) is 2.67. The number of nitrogens with zero attached hydrogens (tertiary/aromatic N) is 6. The van der Waals surface area contributed by atoms with Gasteiger partial charge in [0.05, 0.1) is 17.4 Å². The average Bonchev–Trinajstić information content (AvgIpc) is 3.32. The molecule has 192 valence electrons. The molecule has 2 aliphatic heterocycles. The van der Waals surface area contributed by atoms with Crippen molar-refractivity contribution in [2.24, 2.45) is 0 Å². The van der Waals surface area contributed by atoms with E-state index in [1.807, 2.05) is 17.8 Å². The Bertz CT molecular complexity index is 1030. The molecule has 0 aromatic carbocycles. The van der Waals surface area contributed by atoms with E-state index in [1.165, 1.54) is 0 Å². The van der Waals surface area contributed by atoms with Crippen LogP contribution in [0.15, 0.2) is 12.4 Å². The van der Waals surface area contributed by atoms with Crippen LogP contribution in [-0.4, -0.2) is 88.4 Å². The van der Waals surface area contributed by atoms with Crippen LogP contribution in [0.3, 0.4) is 0 Å². The number of likely N-dealkylation sites (N-methyl/N-ethyl adjacent to an activating group) is 1. The van der Waals surface area contributed by atoms with Crippen molar-refractivity contribution in [1.29, 1.82) is 0 Å². The number of carbonyl (C=O) groups is 1. The molecule has 13 heteroatoms. The third-order valence-corrected chi connectivity index (χ3v) is 6.19. The van der Waals surface area contributed by atoms with Gasteiger partial charge >= 0.3 is 6.18 Å². The van der Waals surface area contributed by atoms with Crippen LogP contribution >= 0.6 is 0 Å². The maximum absolute atomic E-state index is 13.6. The molecule has 2 N–H and O–H groups in total. The Morgan fingerprint density at radius 1 is 1.29 bits per heavy atom. The molecular formula is C22H31F3N8O2. The number of rotatable bonds is 8. The molecule has 2 aromatic rings. The zero-order valence-electron chi connectivity index (χ0n) is 19.9. The van der Waals surface area contributed by atoms with Gasteiger partial charge in [-0.15, -0.1) is 0 Å². The molecule has 0 spiro atoms. The van der Waals surface area contributed by atoms with Crippen LogP contribution in [0.5, 0.6) is 0 Å². The van der Waals surface area contributed by atoms with E-state index in [0.717, 1.165) is 32.1 Å². The lowest BCUT2D eigenvalue weighted by Gasteiger charge is -2.20. The zero-order valence-corrected chi connectivity index (χ0v) is 19.9. The minimum absolute atomic E-state index is 0.0417. The molecule has 0 saturated carbocycles. The van der Waals surface area contributed by atoms with Crippen molar-refractivity contribution in [2.75, 3.05) is 63.6 Å². The fourth-order valence-electron chi connectivity index (χ4n) is 4.27. The topological polar surface area (TPSA) is 100 Å².